The second-order valence-electron chi connectivity index (χ2n) is 6.40. The minimum absolute atomic E-state index is 0.0770. The number of nitrogens with one attached hydrogen (secondary N) is 1. The van der Waals surface area contributed by atoms with Crippen LogP contribution in [0.2, 0.25) is 0 Å². The lowest BCUT2D eigenvalue weighted by atomic mass is 9.96. The van der Waals surface area contributed by atoms with Gasteiger partial charge in [-0.2, -0.15) is 0 Å². The van der Waals surface area contributed by atoms with Gasteiger partial charge in [0.05, 0.1) is 11.0 Å². The molecule has 0 bridgehead atoms. The molecule has 1 unspecified atom stereocenters. The van der Waals surface area contributed by atoms with Crippen molar-refractivity contribution in [2.75, 3.05) is 0 Å². The van der Waals surface area contributed by atoms with E-state index in [9.17, 15) is 23.3 Å². The topological polar surface area (TPSA) is 55.2 Å². The molecule has 0 saturated heterocycles. The summed E-state index contributed by atoms with van der Waals surface area (Å²) in [6, 6.07) is 14.5. The molecule has 144 valence electrons. The normalized spacial score (nSPS) is 13.1. The Hall–Kier alpha value is -3.19. The Morgan fingerprint density at radius 3 is 2.18 bits per heavy atom. The van der Waals surface area contributed by atoms with Crippen molar-refractivity contribution in [1.29, 1.82) is 0 Å². The van der Waals surface area contributed by atoms with Crippen molar-refractivity contribution in [3.05, 3.63) is 111 Å². The molecule has 7 heteroatoms. The Labute approximate surface area is 159 Å². The minimum Gasteiger partial charge on any atom is -0.300 e. The molecule has 3 rings (SSSR count). The van der Waals surface area contributed by atoms with E-state index in [1.165, 1.54) is 30.3 Å². The average molecular weight is 386 g/mol. The number of non-ortho nitro benzene ring substituents is 1. The molecule has 0 radical (unpaired) electrons. The highest BCUT2D eigenvalue weighted by atomic mass is 19.2. The van der Waals surface area contributed by atoms with Crippen molar-refractivity contribution < 1.29 is 18.1 Å². The van der Waals surface area contributed by atoms with Crippen LogP contribution in [0.15, 0.2) is 66.7 Å². The molecular formula is C21H17F3N2O2. The maximum atomic E-state index is 13.6. The van der Waals surface area contributed by atoms with Crippen LogP contribution in [0.5, 0.6) is 0 Å². The quantitative estimate of drug-likeness (QED) is 0.453. The molecule has 0 saturated carbocycles. The zero-order chi connectivity index (χ0) is 20.3. The molecule has 1 N–H and O–H groups in total. The van der Waals surface area contributed by atoms with Gasteiger partial charge < -0.3 is 0 Å². The number of rotatable bonds is 6. The van der Waals surface area contributed by atoms with E-state index in [1.807, 2.05) is 0 Å². The maximum Gasteiger partial charge on any atom is 0.269 e. The van der Waals surface area contributed by atoms with Crippen LogP contribution in [0, 0.1) is 27.6 Å². The van der Waals surface area contributed by atoms with Gasteiger partial charge in [0, 0.05) is 18.2 Å². The van der Waals surface area contributed by atoms with E-state index in [-0.39, 0.29) is 5.69 Å². The summed E-state index contributed by atoms with van der Waals surface area (Å²) >= 11 is 0. The fourth-order valence-corrected chi connectivity index (χ4v) is 2.99. The summed E-state index contributed by atoms with van der Waals surface area (Å²) in [5, 5.41) is 14.4. The van der Waals surface area contributed by atoms with Crippen LogP contribution >= 0.6 is 0 Å². The van der Waals surface area contributed by atoms with Gasteiger partial charge in [-0.1, -0.05) is 30.3 Å². The van der Waals surface area contributed by atoms with E-state index in [2.05, 4.69) is 5.32 Å². The van der Waals surface area contributed by atoms with E-state index in [0.29, 0.717) is 16.7 Å². The van der Waals surface area contributed by atoms with Crippen molar-refractivity contribution in [2.24, 2.45) is 0 Å². The van der Waals surface area contributed by atoms with E-state index in [1.54, 1.807) is 31.2 Å². The lowest BCUT2D eigenvalue weighted by Gasteiger charge is -2.25. The molecule has 28 heavy (non-hydrogen) atoms. The zero-order valence-corrected chi connectivity index (χ0v) is 14.9. The molecule has 0 amide bonds. The number of nitro groups is 1. The van der Waals surface area contributed by atoms with Crippen LogP contribution in [0.25, 0.3) is 0 Å². The molecule has 3 aromatic carbocycles. The predicted molar refractivity (Wildman–Crippen MR) is 99.2 cm³/mol. The molecular weight excluding hydrogens is 369 g/mol. The first-order valence-corrected chi connectivity index (χ1v) is 8.56. The smallest absolute Gasteiger partial charge is 0.269 e. The van der Waals surface area contributed by atoms with E-state index < -0.39 is 34.5 Å². The fourth-order valence-electron chi connectivity index (χ4n) is 2.99. The number of nitro benzene ring substituents is 1. The SMILES string of the molecule is C[C@@H](NC(c1ccc(F)cc1)c1cccc([N+](=O)[O-])c1)c1ccc(F)c(F)c1. The standard InChI is InChI=1S/C21H17F3N2O2/c1-13(15-7-10-19(23)20(24)12-15)25-21(14-5-8-17(22)9-6-14)16-3-2-4-18(11-16)26(27)28/h2-13,21,25H,1H3/t13-,21?/m1/s1. The number of hydrogen-bond acceptors (Lipinski definition) is 3. The molecule has 0 fully saturated rings. The van der Waals surface area contributed by atoms with Crippen LogP contribution in [0.4, 0.5) is 18.9 Å². The first kappa shape index (κ1) is 19.6. The largest absolute Gasteiger partial charge is 0.300 e. The number of nitrogens with zero attached hydrogens (tertiary/aromatic N) is 1. The Morgan fingerprint density at radius 1 is 0.857 bits per heavy atom. The van der Waals surface area contributed by atoms with Gasteiger partial charge in [0.2, 0.25) is 0 Å². The third-order valence-corrected chi connectivity index (χ3v) is 4.48. The average Bonchev–Trinajstić information content (AvgIpc) is 2.69. The molecule has 0 aromatic heterocycles. The van der Waals surface area contributed by atoms with Gasteiger partial charge in [0.15, 0.2) is 11.6 Å². The highest BCUT2D eigenvalue weighted by molar-refractivity contribution is 5.40. The molecule has 0 aliphatic rings. The van der Waals surface area contributed by atoms with Crippen molar-refractivity contribution in [3.8, 4) is 0 Å². The lowest BCUT2D eigenvalue weighted by molar-refractivity contribution is -0.384. The van der Waals surface area contributed by atoms with Crippen molar-refractivity contribution in [1.82, 2.24) is 5.32 Å². The monoisotopic (exact) mass is 386 g/mol. The molecule has 3 aromatic rings. The summed E-state index contributed by atoms with van der Waals surface area (Å²) in [5.41, 5.74) is 1.70. The number of halogens is 3. The third kappa shape index (κ3) is 4.37. The number of benzene rings is 3. The van der Waals surface area contributed by atoms with E-state index >= 15 is 0 Å². The summed E-state index contributed by atoms with van der Waals surface area (Å²) < 4.78 is 40.2. The molecule has 0 aliphatic carbocycles. The van der Waals surface area contributed by atoms with E-state index in [0.717, 1.165) is 12.1 Å². The first-order chi connectivity index (χ1) is 13.3. The maximum absolute atomic E-state index is 13.6. The van der Waals surface area contributed by atoms with Gasteiger partial charge in [-0.25, -0.2) is 13.2 Å². The van der Waals surface area contributed by atoms with Crippen molar-refractivity contribution in [3.63, 3.8) is 0 Å². The second kappa shape index (κ2) is 8.22. The van der Waals surface area contributed by atoms with Crippen LogP contribution < -0.4 is 5.32 Å². The summed E-state index contributed by atoms with van der Waals surface area (Å²) in [6.07, 6.45) is 0. The first-order valence-electron chi connectivity index (χ1n) is 8.56. The highest BCUT2D eigenvalue weighted by Crippen LogP contribution is 2.29. The highest BCUT2D eigenvalue weighted by Gasteiger charge is 2.20. The second-order valence-corrected chi connectivity index (χ2v) is 6.40. The van der Waals surface area contributed by atoms with Crippen LogP contribution in [0.1, 0.15) is 35.7 Å². The summed E-state index contributed by atoms with van der Waals surface area (Å²) in [4.78, 5) is 10.6. The van der Waals surface area contributed by atoms with Crippen LogP contribution in [0.3, 0.4) is 0 Å². The van der Waals surface area contributed by atoms with Gasteiger partial charge in [0.25, 0.3) is 5.69 Å². The van der Waals surface area contributed by atoms with Gasteiger partial charge >= 0.3 is 0 Å². The molecule has 0 heterocycles. The fraction of sp³-hybridized carbons (Fsp3) is 0.143. The lowest BCUT2D eigenvalue weighted by Crippen LogP contribution is -2.26. The third-order valence-electron chi connectivity index (χ3n) is 4.48. The Balaban J connectivity index is 1.98. The zero-order valence-electron chi connectivity index (χ0n) is 14.9. The molecule has 2 atom stereocenters. The van der Waals surface area contributed by atoms with Gasteiger partial charge in [-0.15, -0.1) is 0 Å². The van der Waals surface area contributed by atoms with Crippen LogP contribution in [-0.4, -0.2) is 4.92 Å². The Bertz CT molecular complexity index is 993. The van der Waals surface area contributed by atoms with E-state index in [4.69, 9.17) is 0 Å². The Kier molecular flexibility index (Phi) is 5.75. The van der Waals surface area contributed by atoms with Gasteiger partial charge in [-0.05, 0) is 47.9 Å². The molecule has 0 aliphatic heterocycles. The van der Waals surface area contributed by atoms with Gasteiger partial charge in [-0.3, -0.25) is 15.4 Å². The summed E-state index contributed by atoms with van der Waals surface area (Å²) in [5.74, 6) is -2.31. The number of hydrogen-bond donors (Lipinski definition) is 1. The van der Waals surface area contributed by atoms with Crippen LogP contribution in [-0.2, 0) is 0 Å². The van der Waals surface area contributed by atoms with Gasteiger partial charge in [0.1, 0.15) is 5.82 Å². The van der Waals surface area contributed by atoms with Crippen molar-refractivity contribution >= 4 is 5.69 Å². The summed E-state index contributed by atoms with van der Waals surface area (Å²) in [6.45, 7) is 1.76. The van der Waals surface area contributed by atoms with Crippen molar-refractivity contribution in [2.45, 2.75) is 19.0 Å². The molecule has 0 spiro atoms. The predicted octanol–water partition coefficient (Wildman–Crippen LogP) is 5.45. The Morgan fingerprint density at radius 2 is 1.54 bits per heavy atom. The molecule has 4 nitrogen and oxygen atoms in total. The minimum atomic E-state index is -0.958. The summed E-state index contributed by atoms with van der Waals surface area (Å²) in [7, 11) is 0.